The molecule has 132 valence electrons. The molecule has 2 aromatic carbocycles. The lowest BCUT2D eigenvalue weighted by atomic mass is 10.2. The maximum Gasteiger partial charge on any atom is 0.208 e. The number of fused-ring (bicyclic) bond motifs is 1. The lowest BCUT2D eigenvalue weighted by Crippen LogP contribution is -2.29. The van der Waals surface area contributed by atoms with E-state index in [4.69, 9.17) is 0 Å². The first-order valence-corrected chi connectivity index (χ1v) is 8.44. The molecule has 0 N–H and O–H groups in total. The molecular weight excluding hydrogens is 329 g/mol. The third-order valence-corrected chi connectivity index (χ3v) is 4.52. The van der Waals surface area contributed by atoms with Gasteiger partial charge in [-0.3, -0.25) is 4.57 Å². The van der Waals surface area contributed by atoms with E-state index in [0.717, 1.165) is 28.2 Å². The van der Waals surface area contributed by atoms with Gasteiger partial charge in [0.25, 0.3) is 0 Å². The lowest BCUT2D eigenvalue weighted by Gasteiger charge is -2.31. The van der Waals surface area contributed by atoms with Gasteiger partial charge in [-0.2, -0.15) is 0 Å². The van der Waals surface area contributed by atoms with Gasteiger partial charge in [-0.05, 0) is 55.5 Å². The fourth-order valence-corrected chi connectivity index (χ4v) is 3.22. The van der Waals surface area contributed by atoms with Gasteiger partial charge in [-0.25, -0.2) is 14.4 Å². The summed E-state index contributed by atoms with van der Waals surface area (Å²) in [5, 5.41) is 0. The van der Waals surface area contributed by atoms with E-state index in [0.29, 0.717) is 0 Å². The summed E-state index contributed by atoms with van der Waals surface area (Å²) in [7, 11) is 4.02. The Kier molecular flexibility index (Phi) is 3.95. The SMILES string of the molecule is Cc1nc2ccc(F)cc2n1C1N=CC=CN1c1ccc(N(C)C)cc1. The molecule has 5 nitrogen and oxygen atoms in total. The van der Waals surface area contributed by atoms with Crippen molar-refractivity contribution in [1.82, 2.24) is 9.55 Å². The van der Waals surface area contributed by atoms with Crippen LogP contribution in [0.1, 0.15) is 12.1 Å². The molecule has 6 heteroatoms. The monoisotopic (exact) mass is 349 g/mol. The number of rotatable bonds is 3. The second-order valence-corrected chi connectivity index (χ2v) is 6.47. The third kappa shape index (κ3) is 2.73. The van der Waals surface area contributed by atoms with Gasteiger partial charge in [-0.1, -0.05) is 0 Å². The fourth-order valence-electron chi connectivity index (χ4n) is 3.22. The summed E-state index contributed by atoms with van der Waals surface area (Å²) in [6, 6.07) is 12.9. The summed E-state index contributed by atoms with van der Waals surface area (Å²) in [5.74, 6) is 0.508. The van der Waals surface area contributed by atoms with E-state index < -0.39 is 0 Å². The lowest BCUT2D eigenvalue weighted by molar-refractivity contribution is 0.527. The zero-order chi connectivity index (χ0) is 18.3. The van der Waals surface area contributed by atoms with Gasteiger partial charge in [0.1, 0.15) is 11.6 Å². The minimum absolute atomic E-state index is 0.282. The number of anilines is 2. The molecule has 3 aromatic rings. The highest BCUT2D eigenvalue weighted by molar-refractivity contribution is 5.78. The van der Waals surface area contributed by atoms with Crippen molar-refractivity contribution in [2.75, 3.05) is 23.9 Å². The van der Waals surface area contributed by atoms with Crippen molar-refractivity contribution in [2.45, 2.75) is 13.2 Å². The Labute approximate surface area is 151 Å². The molecule has 0 bridgehead atoms. The van der Waals surface area contributed by atoms with Crippen LogP contribution in [0.2, 0.25) is 0 Å². The molecule has 0 saturated carbocycles. The molecule has 0 fully saturated rings. The number of benzene rings is 2. The highest BCUT2D eigenvalue weighted by Gasteiger charge is 2.23. The molecule has 1 aromatic heterocycles. The molecular formula is C20H20FN5. The number of aryl methyl sites for hydroxylation is 1. The second kappa shape index (κ2) is 6.29. The zero-order valence-corrected chi connectivity index (χ0v) is 15.0. The topological polar surface area (TPSA) is 36.7 Å². The van der Waals surface area contributed by atoms with Gasteiger partial charge < -0.3 is 9.80 Å². The van der Waals surface area contributed by atoms with Crippen molar-refractivity contribution >= 4 is 28.6 Å². The standard InChI is InChI=1S/C20H20FN5/c1-14-23-18-10-5-15(21)13-19(18)26(14)20-22-11-4-12-25(20)17-8-6-16(7-9-17)24(2)3/h4-13,20H,1-3H3. The number of hydrogen-bond acceptors (Lipinski definition) is 4. The Hall–Kier alpha value is -3.15. The first-order chi connectivity index (χ1) is 12.5. The molecule has 4 rings (SSSR count). The number of allylic oxidation sites excluding steroid dienone is 1. The minimum Gasteiger partial charge on any atom is -0.378 e. The molecule has 0 amide bonds. The van der Waals surface area contributed by atoms with Gasteiger partial charge >= 0.3 is 0 Å². The largest absolute Gasteiger partial charge is 0.378 e. The maximum absolute atomic E-state index is 13.8. The van der Waals surface area contributed by atoms with Gasteiger partial charge in [0.05, 0.1) is 11.0 Å². The number of aromatic nitrogens is 2. The number of imidazole rings is 1. The van der Waals surface area contributed by atoms with E-state index in [-0.39, 0.29) is 12.1 Å². The third-order valence-electron chi connectivity index (χ3n) is 4.52. The maximum atomic E-state index is 13.8. The van der Waals surface area contributed by atoms with Crippen LogP contribution in [0.4, 0.5) is 15.8 Å². The van der Waals surface area contributed by atoms with E-state index >= 15 is 0 Å². The highest BCUT2D eigenvalue weighted by Crippen LogP contribution is 2.31. The molecule has 0 aliphatic carbocycles. The molecule has 2 heterocycles. The van der Waals surface area contributed by atoms with Crippen molar-refractivity contribution in [2.24, 2.45) is 4.99 Å². The molecule has 0 radical (unpaired) electrons. The van der Waals surface area contributed by atoms with Gasteiger partial charge in [0, 0.05) is 37.9 Å². The summed E-state index contributed by atoms with van der Waals surface area (Å²) >= 11 is 0. The van der Waals surface area contributed by atoms with Crippen molar-refractivity contribution in [3.05, 3.63) is 66.4 Å². The number of halogens is 1. The molecule has 1 aliphatic heterocycles. The van der Waals surface area contributed by atoms with E-state index in [9.17, 15) is 4.39 Å². The number of aliphatic imine (C=N–C) groups is 1. The molecule has 0 spiro atoms. The van der Waals surface area contributed by atoms with E-state index in [1.54, 1.807) is 12.3 Å². The number of nitrogens with zero attached hydrogens (tertiary/aromatic N) is 5. The first-order valence-electron chi connectivity index (χ1n) is 8.44. The van der Waals surface area contributed by atoms with Gasteiger partial charge in [0.2, 0.25) is 6.29 Å². The van der Waals surface area contributed by atoms with Crippen LogP contribution in [0.5, 0.6) is 0 Å². The Morgan fingerprint density at radius 1 is 1.08 bits per heavy atom. The van der Waals surface area contributed by atoms with E-state index in [2.05, 4.69) is 44.0 Å². The average molecular weight is 349 g/mol. The van der Waals surface area contributed by atoms with Crippen molar-refractivity contribution in [3.63, 3.8) is 0 Å². The molecule has 1 unspecified atom stereocenters. The molecule has 0 saturated heterocycles. The van der Waals surface area contributed by atoms with E-state index in [1.165, 1.54) is 12.1 Å². The van der Waals surface area contributed by atoms with Crippen molar-refractivity contribution < 1.29 is 4.39 Å². The normalized spacial score (nSPS) is 16.5. The molecule has 26 heavy (non-hydrogen) atoms. The van der Waals surface area contributed by atoms with Crippen LogP contribution in [-0.2, 0) is 0 Å². The van der Waals surface area contributed by atoms with Crippen molar-refractivity contribution in [1.29, 1.82) is 0 Å². The smallest absolute Gasteiger partial charge is 0.208 e. The average Bonchev–Trinajstić information content (AvgIpc) is 2.96. The van der Waals surface area contributed by atoms with Crippen molar-refractivity contribution in [3.8, 4) is 0 Å². The Morgan fingerprint density at radius 2 is 1.85 bits per heavy atom. The van der Waals surface area contributed by atoms with Crippen LogP contribution in [0.15, 0.2) is 59.7 Å². The quantitative estimate of drug-likeness (QED) is 0.714. The first kappa shape index (κ1) is 16.3. The van der Waals surface area contributed by atoms with Crippen LogP contribution in [0.3, 0.4) is 0 Å². The zero-order valence-electron chi connectivity index (χ0n) is 15.0. The van der Waals surface area contributed by atoms with Crippen LogP contribution in [0, 0.1) is 12.7 Å². The second-order valence-electron chi connectivity index (χ2n) is 6.47. The summed E-state index contributed by atoms with van der Waals surface area (Å²) in [6.07, 6.45) is 5.29. The highest BCUT2D eigenvalue weighted by atomic mass is 19.1. The molecule has 1 aliphatic rings. The Morgan fingerprint density at radius 3 is 2.58 bits per heavy atom. The van der Waals surface area contributed by atoms with Crippen LogP contribution >= 0.6 is 0 Å². The summed E-state index contributed by atoms with van der Waals surface area (Å²) in [4.78, 5) is 13.3. The predicted octanol–water partition coefficient (Wildman–Crippen LogP) is 4.11. The summed E-state index contributed by atoms with van der Waals surface area (Å²) in [6.45, 7) is 1.92. The predicted molar refractivity (Wildman–Crippen MR) is 104 cm³/mol. The minimum atomic E-state index is -0.350. The van der Waals surface area contributed by atoms with Crippen LogP contribution in [0.25, 0.3) is 11.0 Å². The Bertz CT molecular complexity index is 1000. The van der Waals surface area contributed by atoms with Crippen LogP contribution in [-0.4, -0.2) is 29.9 Å². The van der Waals surface area contributed by atoms with Gasteiger partial charge in [0.15, 0.2) is 0 Å². The molecule has 1 atom stereocenters. The van der Waals surface area contributed by atoms with E-state index in [1.807, 2.05) is 37.9 Å². The van der Waals surface area contributed by atoms with Crippen LogP contribution < -0.4 is 9.80 Å². The number of hydrogen-bond donors (Lipinski definition) is 0. The fraction of sp³-hybridized carbons (Fsp3) is 0.200. The summed E-state index contributed by atoms with van der Waals surface area (Å²) in [5.41, 5.74) is 3.62. The van der Waals surface area contributed by atoms with Gasteiger partial charge in [-0.15, -0.1) is 0 Å². The summed E-state index contributed by atoms with van der Waals surface area (Å²) < 4.78 is 15.8. The Balaban J connectivity index is 1.80.